The lowest BCUT2D eigenvalue weighted by molar-refractivity contribution is -0.139. The zero-order valence-corrected chi connectivity index (χ0v) is 27.3. The van der Waals surface area contributed by atoms with Crippen molar-refractivity contribution in [1.29, 1.82) is 0 Å². The maximum absolute atomic E-state index is 14.1. The van der Waals surface area contributed by atoms with Crippen LogP contribution in [0.25, 0.3) is 0 Å². The molecule has 0 aliphatic carbocycles. The number of carbonyl (C=O) groups is 2. The summed E-state index contributed by atoms with van der Waals surface area (Å²) in [6, 6.07) is 16.7. The summed E-state index contributed by atoms with van der Waals surface area (Å²) < 4.78 is 40.6. The summed E-state index contributed by atoms with van der Waals surface area (Å²) in [6.45, 7) is 4.97. The van der Waals surface area contributed by atoms with Gasteiger partial charge in [-0.05, 0) is 74.4 Å². The second-order valence-corrected chi connectivity index (χ2v) is 12.9. The van der Waals surface area contributed by atoms with Crippen molar-refractivity contribution in [2.75, 3.05) is 25.1 Å². The number of rotatable bonds is 13. The first-order chi connectivity index (χ1) is 19.9. The van der Waals surface area contributed by atoms with Gasteiger partial charge in [-0.1, -0.05) is 46.6 Å². The molecule has 0 spiro atoms. The summed E-state index contributed by atoms with van der Waals surface area (Å²) in [5.41, 5.74) is 0.998. The third-order valence-electron chi connectivity index (χ3n) is 6.77. The van der Waals surface area contributed by atoms with Crippen LogP contribution in [0.15, 0.2) is 76.1 Å². The monoisotopic (exact) mass is 679 g/mol. The summed E-state index contributed by atoms with van der Waals surface area (Å²) in [5, 5.41) is 3.32. The molecule has 0 aliphatic rings. The Bertz CT molecular complexity index is 1490. The predicted molar refractivity (Wildman–Crippen MR) is 168 cm³/mol. The van der Waals surface area contributed by atoms with Crippen molar-refractivity contribution in [2.24, 2.45) is 0 Å². The van der Waals surface area contributed by atoms with Gasteiger partial charge in [0.25, 0.3) is 10.0 Å². The molecule has 1 N–H and O–H groups in total. The summed E-state index contributed by atoms with van der Waals surface area (Å²) >= 11 is 9.50. The molecule has 0 aromatic heterocycles. The number of nitrogens with zero attached hydrogens (tertiary/aromatic N) is 2. The van der Waals surface area contributed by atoms with Crippen molar-refractivity contribution < 1.29 is 27.5 Å². The van der Waals surface area contributed by atoms with Gasteiger partial charge in [-0.3, -0.25) is 13.9 Å². The first-order valence-electron chi connectivity index (χ1n) is 13.3. The molecule has 9 nitrogen and oxygen atoms in total. The lowest BCUT2D eigenvalue weighted by Gasteiger charge is -2.32. The highest BCUT2D eigenvalue weighted by Gasteiger charge is 2.33. The van der Waals surface area contributed by atoms with E-state index in [1.54, 1.807) is 19.1 Å². The van der Waals surface area contributed by atoms with Gasteiger partial charge in [-0.15, -0.1) is 0 Å². The second kappa shape index (κ2) is 14.8. The van der Waals surface area contributed by atoms with Crippen LogP contribution in [-0.4, -0.2) is 58.0 Å². The molecule has 0 saturated heterocycles. The molecule has 0 bridgehead atoms. The van der Waals surface area contributed by atoms with Gasteiger partial charge in [0, 0.05) is 28.1 Å². The summed E-state index contributed by atoms with van der Waals surface area (Å²) in [5.74, 6) is -0.333. The Morgan fingerprint density at radius 1 is 0.952 bits per heavy atom. The van der Waals surface area contributed by atoms with Gasteiger partial charge in [0.2, 0.25) is 11.8 Å². The highest BCUT2D eigenvalue weighted by Crippen LogP contribution is 2.32. The average molecular weight is 681 g/mol. The minimum atomic E-state index is -4.30. The predicted octanol–water partition coefficient (Wildman–Crippen LogP) is 5.65. The first-order valence-corrected chi connectivity index (χ1v) is 15.9. The van der Waals surface area contributed by atoms with E-state index >= 15 is 0 Å². The van der Waals surface area contributed by atoms with E-state index in [-0.39, 0.29) is 34.8 Å². The van der Waals surface area contributed by atoms with Crippen molar-refractivity contribution in [3.63, 3.8) is 0 Å². The minimum absolute atomic E-state index is 0.0894. The topological polar surface area (TPSA) is 105 Å². The molecular weight excluding hydrogens is 646 g/mol. The van der Waals surface area contributed by atoms with E-state index in [0.717, 1.165) is 14.3 Å². The second-order valence-electron chi connectivity index (χ2n) is 9.65. The van der Waals surface area contributed by atoms with E-state index in [0.29, 0.717) is 17.2 Å². The molecule has 2 amide bonds. The number of nitrogens with one attached hydrogen (secondary N) is 1. The average Bonchev–Trinajstić information content (AvgIpc) is 2.98. The fraction of sp³-hybridized carbons (Fsp3) is 0.333. The van der Waals surface area contributed by atoms with Gasteiger partial charge in [0.05, 0.1) is 24.8 Å². The number of hydrogen-bond donors (Lipinski definition) is 1. The number of benzene rings is 3. The summed E-state index contributed by atoms with van der Waals surface area (Å²) in [7, 11) is -1.45. The summed E-state index contributed by atoms with van der Waals surface area (Å²) in [6.07, 6.45) is 0.715. The molecule has 0 fully saturated rings. The smallest absolute Gasteiger partial charge is 0.264 e. The molecule has 2 unspecified atom stereocenters. The van der Waals surface area contributed by atoms with Gasteiger partial charge < -0.3 is 19.7 Å². The van der Waals surface area contributed by atoms with Crippen LogP contribution in [0, 0.1) is 0 Å². The van der Waals surface area contributed by atoms with Crippen molar-refractivity contribution in [3.05, 3.63) is 81.8 Å². The Kier molecular flexibility index (Phi) is 11.7. The van der Waals surface area contributed by atoms with Crippen LogP contribution in [0.5, 0.6) is 11.5 Å². The van der Waals surface area contributed by atoms with E-state index in [1.165, 1.54) is 49.5 Å². The molecule has 3 aromatic carbocycles. The van der Waals surface area contributed by atoms with Crippen molar-refractivity contribution >= 4 is 55.1 Å². The number of methoxy groups -OCH3 is 2. The third-order valence-corrected chi connectivity index (χ3v) is 9.32. The lowest BCUT2D eigenvalue weighted by atomic mass is 10.1. The molecule has 0 aliphatic heterocycles. The van der Waals surface area contributed by atoms with Gasteiger partial charge >= 0.3 is 0 Å². The number of sulfonamides is 1. The molecule has 0 radical (unpaired) electrons. The molecular formula is C30H35BrClN3O6S. The molecule has 0 heterocycles. The van der Waals surface area contributed by atoms with Crippen LogP contribution in [0.2, 0.25) is 5.02 Å². The Morgan fingerprint density at radius 2 is 1.57 bits per heavy atom. The van der Waals surface area contributed by atoms with Crippen LogP contribution >= 0.6 is 27.5 Å². The Balaban J connectivity index is 2.06. The molecule has 42 heavy (non-hydrogen) atoms. The summed E-state index contributed by atoms with van der Waals surface area (Å²) in [4.78, 5) is 28.5. The van der Waals surface area contributed by atoms with Gasteiger partial charge in [-0.25, -0.2) is 8.42 Å². The van der Waals surface area contributed by atoms with E-state index < -0.39 is 28.5 Å². The number of hydrogen-bond acceptors (Lipinski definition) is 6. The van der Waals surface area contributed by atoms with Crippen LogP contribution in [0.3, 0.4) is 0 Å². The zero-order valence-electron chi connectivity index (χ0n) is 24.1. The first kappa shape index (κ1) is 33.2. The minimum Gasteiger partial charge on any atom is -0.493 e. The molecule has 3 aromatic rings. The molecule has 3 rings (SSSR count). The lowest BCUT2D eigenvalue weighted by Crippen LogP contribution is -2.52. The largest absolute Gasteiger partial charge is 0.493 e. The number of carbonyl (C=O) groups excluding carboxylic acids is 2. The maximum atomic E-state index is 14.1. The zero-order chi connectivity index (χ0) is 31.0. The van der Waals surface area contributed by atoms with Gasteiger partial charge in [-0.2, -0.15) is 0 Å². The van der Waals surface area contributed by atoms with Crippen molar-refractivity contribution in [2.45, 2.75) is 50.7 Å². The van der Waals surface area contributed by atoms with E-state index in [2.05, 4.69) is 21.2 Å². The number of amides is 2. The highest BCUT2D eigenvalue weighted by atomic mass is 79.9. The third kappa shape index (κ3) is 8.17. The van der Waals surface area contributed by atoms with E-state index in [4.69, 9.17) is 21.1 Å². The van der Waals surface area contributed by atoms with Crippen molar-refractivity contribution in [1.82, 2.24) is 10.2 Å². The van der Waals surface area contributed by atoms with Gasteiger partial charge in [0.1, 0.15) is 12.6 Å². The Labute approximate surface area is 260 Å². The molecule has 12 heteroatoms. The van der Waals surface area contributed by atoms with Gasteiger partial charge in [0.15, 0.2) is 11.5 Å². The number of anilines is 1. The quantitative estimate of drug-likeness (QED) is 0.250. The maximum Gasteiger partial charge on any atom is 0.264 e. The fourth-order valence-electron chi connectivity index (χ4n) is 4.07. The fourth-order valence-corrected chi connectivity index (χ4v) is 5.90. The number of ether oxygens (including phenoxy) is 2. The standard InChI is InChI=1S/C30H35BrClN3O6S/c1-6-20(2)33-30(37)21(3)34(18-22-7-9-23(31)10-8-22)29(36)19-35(25-13-11-24(32)12-14-25)42(38,39)26-15-16-27(40-4)28(17-26)41-5/h7-17,20-21H,6,18-19H2,1-5H3,(H,33,37). The van der Waals surface area contributed by atoms with E-state index in [1.807, 2.05) is 38.1 Å². The number of halogens is 2. The molecule has 226 valence electrons. The van der Waals surface area contributed by atoms with Crippen molar-refractivity contribution in [3.8, 4) is 11.5 Å². The molecule has 2 atom stereocenters. The van der Waals surface area contributed by atoms with Crippen LogP contribution in [-0.2, 0) is 26.2 Å². The van der Waals surface area contributed by atoms with Crippen LogP contribution < -0.4 is 19.1 Å². The Hall–Kier alpha value is -3.28. The Morgan fingerprint density at radius 3 is 2.14 bits per heavy atom. The van der Waals surface area contributed by atoms with Crippen LogP contribution in [0.1, 0.15) is 32.8 Å². The SMILES string of the molecule is CCC(C)NC(=O)C(C)N(Cc1ccc(Br)cc1)C(=O)CN(c1ccc(Cl)cc1)S(=O)(=O)c1ccc(OC)c(OC)c1. The highest BCUT2D eigenvalue weighted by molar-refractivity contribution is 9.10. The normalized spacial score (nSPS) is 12.6. The molecule has 0 saturated carbocycles. The van der Waals surface area contributed by atoms with E-state index in [9.17, 15) is 18.0 Å². The van der Waals surface area contributed by atoms with Crippen LogP contribution in [0.4, 0.5) is 5.69 Å².